The molecule has 2 N–H and O–H groups in total. The topological polar surface area (TPSA) is 97.5 Å². The van der Waals surface area contributed by atoms with Gasteiger partial charge in [0.05, 0.1) is 12.2 Å². The third kappa shape index (κ3) is 4.20. The highest BCUT2D eigenvalue weighted by atomic mass is 16.5. The van der Waals surface area contributed by atoms with Crippen LogP contribution < -0.4 is 5.32 Å². The minimum atomic E-state index is -0.654. The van der Waals surface area contributed by atoms with E-state index in [1.165, 1.54) is 6.07 Å². The van der Waals surface area contributed by atoms with Crippen LogP contribution in [0, 0.1) is 6.92 Å². The average molecular weight is 380 g/mol. The maximum atomic E-state index is 12.6. The van der Waals surface area contributed by atoms with E-state index in [1.54, 1.807) is 32.0 Å². The van der Waals surface area contributed by atoms with E-state index >= 15 is 0 Å². The second-order valence-electron chi connectivity index (χ2n) is 6.10. The highest BCUT2D eigenvalue weighted by molar-refractivity contribution is 6.10. The van der Waals surface area contributed by atoms with Crippen LogP contribution in [0.1, 0.15) is 33.3 Å². The number of hydrogen-bond acceptors (Lipinski definition) is 5. The molecule has 0 saturated carbocycles. The number of amides is 1. The zero-order valence-corrected chi connectivity index (χ0v) is 15.6. The summed E-state index contributed by atoms with van der Waals surface area (Å²) in [5, 5.41) is 3.31. The Balaban J connectivity index is 1.67. The molecule has 0 aliphatic rings. The molecule has 0 unspecified atom stereocenters. The maximum absolute atomic E-state index is 12.6. The first-order valence-electron chi connectivity index (χ1n) is 8.81. The van der Waals surface area contributed by atoms with Crippen LogP contribution in [-0.2, 0) is 9.47 Å². The van der Waals surface area contributed by atoms with Crippen LogP contribution in [0.4, 0.5) is 10.5 Å². The van der Waals surface area contributed by atoms with Gasteiger partial charge in [0.15, 0.2) is 6.61 Å². The Labute approximate surface area is 161 Å². The summed E-state index contributed by atoms with van der Waals surface area (Å²) >= 11 is 0. The lowest BCUT2D eigenvalue weighted by Crippen LogP contribution is -2.16. The summed E-state index contributed by atoms with van der Waals surface area (Å²) in [4.78, 5) is 39.5. The van der Waals surface area contributed by atoms with Crippen molar-refractivity contribution in [3.05, 3.63) is 65.4 Å². The molecule has 0 spiro atoms. The van der Waals surface area contributed by atoms with E-state index in [0.29, 0.717) is 11.3 Å². The molecule has 0 aliphatic carbocycles. The van der Waals surface area contributed by atoms with Gasteiger partial charge in [-0.2, -0.15) is 0 Å². The van der Waals surface area contributed by atoms with Gasteiger partial charge in [-0.1, -0.05) is 24.3 Å². The Kier molecular flexibility index (Phi) is 5.74. The summed E-state index contributed by atoms with van der Waals surface area (Å²) in [6.45, 7) is 3.36. The van der Waals surface area contributed by atoms with Crippen LogP contribution in [0.5, 0.6) is 0 Å². The lowest BCUT2D eigenvalue weighted by atomic mass is 10.1. The van der Waals surface area contributed by atoms with Crippen molar-refractivity contribution >= 4 is 34.4 Å². The molecule has 7 nitrogen and oxygen atoms in total. The standard InChI is InChI=1S/C21H20N2O5/c1-3-27-21(26)23-15-8-6-7-14(11-15)20(25)28-12-18(24)19-13(2)22-17-10-5-4-9-16(17)19/h4-11,22H,3,12H2,1-2H3,(H,23,26). The molecular weight excluding hydrogens is 360 g/mol. The van der Waals surface area contributed by atoms with Gasteiger partial charge in [0.1, 0.15) is 0 Å². The summed E-state index contributed by atoms with van der Waals surface area (Å²) in [5.41, 5.74) is 2.71. The molecular formula is C21H20N2O5. The van der Waals surface area contributed by atoms with Crippen molar-refractivity contribution in [2.24, 2.45) is 0 Å². The average Bonchev–Trinajstić information content (AvgIpc) is 3.02. The number of nitrogens with one attached hydrogen (secondary N) is 2. The minimum Gasteiger partial charge on any atom is -0.454 e. The Morgan fingerprint density at radius 2 is 1.82 bits per heavy atom. The van der Waals surface area contributed by atoms with Crippen LogP contribution >= 0.6 is 0 Å². The van der Waals surface area contributed by atoms with E-state index in [0.717, 1.165) is 16.6 Å². The molecule has 1 aromatic heterocycles. The van der Waals surface area contributed by atoms with Crippen LogP contribution in [0.15, 0.2) is 48.5 Å². The zero-order chi connectivity index (χ0) is 20.1. The number of ether oxygens (including phenoxy) is 2. The summed E-state index contributed by atoms with van der Waals surface area (Å²) in [7, 11) is 0. The number of anilines is 1. The van der Waals surface area contributed by atoms with Gasteiger partial charge in [0, 0.05) is 27.8 Å². The first-order chi connectivity index (χ1) is 13.5. The molecule has 0 bridgehead atoms. The second-order valence-corrected chi connectivity index (χ2v) is 6.10. The molecule has 1 heterocycles. The number of hydrogen-bond donors (Lipinski definition) is 2. The molecule has 1 amide bonds. The monoisotopic (exact) mass is 380 g/mol. The lowest BCUT2D eigenvalue weighted by molar-refractivity contribution is 0.0475. The summed E-state index contributed by atoms with van der Waals surface area (Å²) in [6.07, 6.45) is -0.613. The molecule has 0 radical (unpaired) electrons. The van der Waals surface area contributed by atoms with Crippen molar-refractivity contribution < 1.29 is 23.9 Å². The molecule has 28 heavy (non-hydrogen) atoms. The minimum absolute atomic E-state index is 0.220. The predicted molar refractivity (Wildman–Crippen MR) is 105 cm³/mol. The van der Waals surface area contributed by atoms with Crippen molar-refractivity contribution in [3.63, 3.8) is 0 Å². The normalized spacial score (nSPS) is 10.5. The van der Waals surface area contributed by atoms with E-state index in [1.807, 2.05) is 24.3 Å². The number of para-hydroxylation sites is 1. The molecule has 0 aliphatic heterocycles. The van der Waals surface area contributed by atoms with E-state index in [9.17, 15) is 14.4 Å². The fraction of sp³-hybridized carbons (Fsp3) is 0.190. The molecule has 144 valence electrons. The number of esters is 1. The molecule has 0 atom stereocenters. The Bertz CT molecular complexity index is 1040. The Morgan fingerprint density at radius 1 is 1.04 bits per heavy atom. The van der Waals surface area contributed by atoms with Gasteiger partial charge in [-0.05, 0) is 38.1 Å². The summed E-state index contributed by atoms with van der Waals surface area (Å²) < 4.78 is 9.98. The SMILES string of the molecule is CCOC(=O)Nc1cccc(C(=O)OCC(=O)c2c(C)[nH]c3ccccc23)c1. The number of benzene rings is 2. The number of carbonyl (C=O) groups excluding carboxylic acids is 3. The van der Waals surface area contributed by atoms with Crippen LogP contribution in [0.25, 0.3) is 10.9 Å². The molecule has 7 heteroatoms. The van der Waals surface area contributed by atoms with Gasteiger partial charge in [0.2, 0.25) is 5.78 Å². The van der Waals surface area contributed by atoms with Gasteiger partial charge >= 0.3 is 12.1 Å². The maximum Gasteiger partial charge on any atom is 0.411 e. The lowest BCUT2D eigenvalue weighted by Gasteiger charge is -2.08. The molecule has 2 aromatic carbocycles. The number of H-pyrrole nitrogens is 1. The van der Waals surface area contributed by atoms with E-state index in [2.05, 4.69) is 10.3 Å². The number of aryl methyl sites for hydroxylation is 1. The van der Waals surface area contributed by atoms with E-state index in [-0.39, 0.29) is 24.6 Å². The first-order valence-corrected chi connectivity index (χ1v) is 8.81. The number of ketones is 1. The fourth-order valence-corrected chi connectivity index (χ4v) is 2.93. The predicted octanol–water partition coefficient (Wildman–Crippen LogP) is 4.08. The van der Waals surface area contributed by atoms with Gasteiger partial charge in [-0.15, -0.1) is 0 Å². The highest BCUT2D eigenvalue weighted by Crippen LogP contribution is 2.22. The summed E-state index contributed by atoms with van der Waals surface area (Å²) in [5.74, 6) is -0.942. The number of carbonyl (C=O) groups is 3. The van der Waals surface area contributed by atoms with Crippen molar-refractivity contribution in [1.29, 1.82) is 0 Å². The number of Topliss-reactive ketones (excluding diaryl/α,β-unsaturated/α-hetero) is 1. The zero-order valence-electron chi connectivity index (χ0n) is 15.6. The van der Waals surface area contributed by atoms with Crippen molar-refractivity contribution in [3.8, 4) is 0 Å². The van der Waals surface area contributed by atoms with Crippen molar-refractivity contribution in [2.45, 2.75) is 13.8 Å². The number of aromatic nitrogens is 1. The van der Waals surface area contributed by atoms with Gasteiger partial charge in [-0.3, -0.25) is 10.1 Å². The highest BCUT2D eigenvalue weighted by Gasteiger charge is 2.18. The smallest absolute Gasteiger partial charge is 0.411 e. The Hall–Kier alpha value is -3.61. The molecule has 0 saturated heterocycles. The molecule has 0 fully saturated rings. The van der Waals surface area contributed by atoms with E-state index in [4.69, 9.17) is 9.47 Å². The second kappa shape index (κ2) is 8.39. The van der Waals surface area contributed by atoms with Gasteiger partial charge < -0.3 is 14.5 Å². The van der Waals surface area contributed by atoms with Crippen LogP contribution in [0.2, 0.25) is 0 Å². The molecule has 3 rings (SSSR count). The third-order valence-corrected chi connectivity index (χ3v) is 4.13. The number of rotatable bonds is 6. The fourth-order valence-electron chi connectivity index (χ4n) is 2.93. The Morgan fingerprint density at radius 3 is 2.61 bits per heavy atom. The first kappa shape index (κ1) is 19.2. The third-order valence-electron chi connectivity index (χ3n) is 4.13. The van der Waals surface area contributed by atoms with Gasteiger partial charge in [-0.25, -0.2) is 9.59 Å². The number of fused-ring (bicyclic) bond motifs is 1. The quantitative estimate of drug-likeness (QED) is 0.496. The van der Waals surface area contributed by atoms with E-state index < -0.39 is 12.1 Å². The largest absolute Gasteiger partial charge is 0.454 e. The van der Waals surface area contributed by atoms with Gasteiger partial charge in [0.25, 0.3) is 0 Å². The van der Waals surface area contributed by atoms with Crippen molar-refractivity contribution in [1.82, 2.24) is 4.98 Å². The van der Waals surface area contributed by atoms with Crippen LogP contribution in [-0.4, -0.2) is 36.0 Å². The summed E-state index contributed by atoms with van der Waals surface area (Å²) in [6, 6.07) is 13.7. The van der Waals surface area contributed by atoms with Crippen molar-refractivity contribution in [2.75, 3.05) is 18.5 Å². The van der Waals surface area contributed by atoms with Crippen LogP contribution in [0.3, 0.4) is 0 Å². The molecule has 3 aromatic rings. The number of aromatic amines is 1.